The molecule has 0 fully saturated rings. The van der Waals surface area contributed by atoms with Gasteiger partial charge >= 0.3 is 12.1 Å². The topological polar surface area (TPSA) is 83.7 Å². The van der Waals surface area contributed by atoms with E-state index in [1.165, 1.54) is 6.92 Å². The molecule has 142 valence electrons. The van der Waals surface area contributed by atoms with Crippen LogP contribution in [0.5, 0.6) is 0 Å². The number of carbonyl (C=O) groups is 2. The Morgan fingerprint density at radius 3 is 2.54 bits per heavy atom. The lowest BCUT2D eigenvalue weighted by Crippen LogP contribution is -2.45. The lowest BCUT2D eigenvalue weighted by molar-refractivity contribution is -0.140. The fourth-order valence-electron chi connectivity index (χ4n) is 2.54. The van der Waals surface area contributed by atoms with Gasteiger partial charge in [0.1, 0.15) is 11.7 Å². The number of imidazole rings is 1. The zero-order chi connectivity index (χ0) is 19.8. The first-order valence-corrected chi connectivity index (χ1v) is 8.14. The highest BCUT2D eigenvalue weighted by Crippen LogP contribution is 2.33. The Kier molecular flexibility index (Phi) is 5.50. The summed E-state index contributed by atoms with van der Waals surface area (Å²) in [7, 11) is 0. The first-order valence-electron chi connectivity index (χ1n) is 7.76. The van der Waals surface area contributed by atoms with E-state index >= 15 is 0 Å². The maximum absolute atomic E-state index is 13.0. The van der Waals surface area contributed by atoms with Gasteiger partial charge < -0.3 is 10.4 Å². The van der Waals surface area contributed by atoms with E-state index in [1.54, 1.807) is 13.8 Å². The highest BCUT2D eigenvalue weighted by Gasteiger charge is 2.33. The predicted molar refractivity (Wildman–Crippen MR) is 88.3 cm³/mol. The molecule has 0 radical (unpaired) electrons. The molecule has 0 aliphatic rings. The molecule has 2 heterocycles. The summed E-state index contributed by atoms with van der Waals surface area (Å²) in [5.74, 6) is -2.43. The summed E-state index contributed by atoms with van der Waals surface area (Å²) in [6.45, 7) is 4.85. The van der Waals surface area contributed by atoms with Crippen molar-refractivity contribution in [1.29, 1.82) is 0 Å². The van der Waals surface area contributed by atoms with Crippen LogP contribution in [0.3, 0.4) is 0 Å². The number of alkyl halides is 3. The van der Waals surface area contributed by atoms with Crippen LogP contribution in [0.4, 0.5) is 13.2 Å². The molecule has 2 rings (SSSR count). The molecule has 0 bridgehead atoms. The van der Waals surface area contributed by atoms with Crippen LogP contribution in [0.2, 0.25) is 5.02 Å². The van der Waals surface area contributed by atoms with Crippen molar-refractivity contribution in [3.8, 4) is 0 Å². The Hall–Kier alpha value is -2.29. The van der Waals surface area contributed by atoms with Crippen LogP contribution in [0.1, 0.15) is 42.0 Å². The van der Waals surface area contributed by atoms with Crippen molar-refractivity contribution in [1.82, 2.24) is 14.7 Å². The Morgan fingerprint density at radius 1 is 1.42 bits per heavy atom. The van der Waals surface area contributed by atoms with Crippen molar-refractivity contribution in [3.05, 3.63) is 34.2 Å². The number of fused-ring (bicyclic) bond motifs is 1. The molecule has 0 aliphatic carbocycles. The number of aliphatic carboxylic acids is 1. The van der Waals surface area contributed by atoms with Crippen LogP contribution < -0.4 is 5.32 Å². The molecule has 0 saturated heterocycles. The van der Waals surface area contributed by atoms with Crippen LogP contribution in [0, 0.1) is 12.8 Å². The number of carboxylic acid groups (broad SMARTS) is 1. The minimum atomic E-state index is -4.66. The van der Waals surface area contributed by atoms with Crippen LogP contribution in [0.25, 0.3) is 5.65 Å². The summed E-state index contributed by atoms with van der Waals surface area (Å²) in [5, 5.41) is 11.4. The summed E-state index contributed by atoms with van der Waals surface area (Å²) in [4.78, 5) is 28.0. The minimum Gasteiger partial charge on any atom is -0.480 e. The molecule has 0 saturated carbocycles. The number of carbonyl (C=O) groups excluding carboxylic acids is 1. The molecular weight excluding hydrogens is 375 g/mol. The SMILES string of the molecule is CCC(C)C(NC(=O)c1c(C)nc2c(Cl)cc(C(F)(F)F)cn12)C(=O)O. The Morgan fingerprint density at radius 2 is 2.04 bits per heavy atom. The lowest BCUT2D eigenvalue weighted by atomic mass is 9.99. The number of rotatable bonds is 5. The smallest absolute Gasteiger partial charge is 0.417 e. The first-order chi connectivity index (χ1) is 12.0. The number of nitrogens with zero attached hydrogens (tertiary/aromatic N) is 2. The van der Waals surface area contributed by atoms with Gasteiger partial charge in [-0.2, -0.15) is 13.2 Å². The van der Waals surface area contributed by atoms with E-state index in [4.69, 9.17) is 11.6 Å². The van der Waals surface area contributed by atoms with Crippen molar-refractivity contribution in [2.75, 3.05) is 0 Å². The zero-order valence-corrected chi connectivity index (χ0v) is 14.9. The van der Waals surface area contributed by atoms with Gasteiger partial charge in [-0.1, -0.05) is 31.9 Å². The van der Waals surface area contributed by atoms with E-state index in [0.29, 0.717) is 6.42 Å². The molecule has 0 aromatic carbocycles. The number of hydrogen-bond acceptors (Lipinski definition) is 3. The summed E-state index contributed by atoms with van der Waals surface area (Å²) in [5.41, 5.74) is -1.12. The Labute approximate surface area is 152 Å². The standard InChI is InChI=1S/C16H17ClF3N3O3/c1-4-7(2)11(15(25)26)22-14(24)12-8(3)21-13-10(17)5-9(6-23(12)13)16(18,19)20/h5-7,11H,4H2,1-3H3,(H,22,24)(H,25,26). The van der Waals surface area contributed by atoms with Crippen molar-refractivity contribution < 1.29 is 27.9 Å². The third-order valence-corrected chi connectivity index (χ3v) is 4.44. The molecule has 26 heavy (non-hydrogen) atoms. The molecule has 0 aliphatic heterocycles. The maximum Gasteiger partial charge on any atom is 0.417 e. The highest BCUT2D eigenvalue weighted by molar-refractivity contribution is 6.33. The van der Waals surface area contributed by atoms with Crippen LogP contribution in [-0.2, 0) is 11.0 Å². The molecule has 0 spiro atoms. The van der Waals surface area contributed by atoms with E-state index in [2.05, 4.69) is 10.3 Å². The molecule has 2 aromatic rings. The summed E-state index contributed by atoms with van der Waals surface area (Å²) >= 11 is 5.88. The van der Waals surface area contributed by atoms with E-state index < -0.39 is 29.7 Å². The number of carboxylic acids is 1. The summed E-state index contributed by atoms with van der Waals surface area (Å²) in [6.07, 6.45) is -3.45. The first kappa shape index (κ1) is 20.0. The number of nitrogens with one attached hydrogen (secondary N) is 1. The number of aryl methyl sites for hydroxylation is 1. The third-order valence-electron chi connectivity index (χ3n) is 4.16. The highest BCUT2D eigenvalue weighted by atomic mass is 35.5. The van der Waals surface area contributed by atoms with Crippen molar-refractivity contribution >= 4 is 29.1 Å². The fraction of sp³-hybridized carbons (Fsp3) is 0.438. The van der Waals surface area contributed by atoms with E-state index in [9.17, 15) is 27.9 Å². The largest absolute Gasteiger partial charge is 0.480 e. The van der Waals surface area contributed by atoms with Gasteiger partial charge in [0, 0.05) is 6.20 Å². The third kappa shape index (κ3) is 3.77. The molecule has 2 atom stereocenters. The number of pyridine rings is 1. The van der Waals surface area contributed by atoms with Crippen LogP contribution >= 0.6 is 11.6 Å². The summed E-state index contributed by atoms with van der Waals surface area (Å²) in [6, 6.07) is -0.455. The molecule has 1 amide bonds. The van der Waals surface area contributed by atoms with E-state index in [-0.39, 0.29) is 28.0 Å². The zero-order valence-electron chi connectivity index (χ0n) is 14.2. The van der Waals surface area contributed by atoms with Crippen LogP contribution in [0.15, 0.2) is 12.3 Å². The maximum atomic E-state index is 13.0. The number of aromatic nitrogens is 2. The van der Waals surface area contributed by atoms with E-state index in [0.717, 1.165) is 16.7 Å². The van der Waals surface area contributed by atoms with Gasteiger partial charge in [-0.05, 0) is 18.9 Å². The van der Waals surface area contributed by atoms with E-state index in [1.807, 2.05) is 0 Å². The second-order valence-corrected chi connectivity index (χ2v) is 6.40. The van der Waals surface area contributed by atoms with Gasteiger partial charge in [0.15, 0.2) is 5.65 Å². The average molecular weight is 392 g/mol. The van der Waals surface area contributed by atoms with Gasteiger partial charge in [-0.3, -0.25) is 9.20 Å². The monoisotopic (exact) mass is 391 g/mol. The minimum absolute atomic E-state index is 0.0160. The molecule has 2 unspecified atom stereocenters. The lowest BCUT2D eigenvalue weighted by Gasteiger charge is -2.20. The molecular formula is C16H17ClF3N3O3. The average Bonchev–Trinajstić information content (AvgIpc) is 2.87. The quantitative estimate of drug-likeness (QED) is 0.816. The predicted octanol–water partition coefficient (Wildman–Crippen LogP) is 3.54. The second-order valence-electron chi connectivity index (χ2n) is 5.99. The Bertz CT molecular complexity index is 864. The van der Waals surface area contributed by atoms with Crippen LogP contribution in [-0.4, -0.2) is 32.4 Å². The molecule has 2 aromatic heterocycles. The van der Waals surface area contributed by atoms with Crippen molar-refractivity contribution in [3.63, 3.8) is 0 Å². The number of halogens is 4. The van der Waals surface area contributed by atoms with Crippen molar-refractivity contribution in [2.45, 2.75) is 39.4 Å². The Balaban J connectivity index is 2.54. The molecule has 6 nitrogen and oxygen atoms in total. The fourth-order valence-corrected chi connectivity index (χ4v) is 2.79. The molecule has 10 heteroatoms. The number of amides is 1. The second kappa shape index (κ2) is 7.14. The van der Waals surface area contributed by atoms with Gasteiger partial charge in [0.2, 0.25) is 0 Å². The normalized spacial score (nSPS) is 14.3. The van der Waals surface area contributed by atoms with Gasteiger partial charge in [-0.15, -0.1) is 0 Å². The van der Waals surface area contributed by atoms with Gasteiger partial charge in [-0.25, -0.2) is 9.78 Å². The molecule has 2 N–H and O–H groups in total. The van der Waals surface area contributed by atoms with Gasteiger partial charge in [0.05, 0.1) is 16.3 Å². The number of hydrogen-bond donors (Lipinski definition) is 2. The van der Waals surface area contributed by atoms with Crippen molar-refractivity contribution in [2.24, 2.45) is 5.92 Å². The van der Waals surface area contributed by atoms with Gasteiger partial charge in [0.25, 0.3) is 5.91 Å². The summed E-state index contributed by atoms with van der Waals surface area (Å²) < 4.78 is 40.0.